The number of anilines is 1. The number of hydrogen-bond donors (Lipinski definition) is 3. The molecular formula is C10H11N7O. The number of fused-ring (bicyclic) bond motifs is 1. The maximum absolute atomic E-state index is 11.9. The van der Waals surface area contributed by atoms with E-state index in [1.165, 1.54) is 0 Å². The summed E-state index contributed by atoms with van der Waals surface area (Å²) >= 11 is 0. The minimum absolute atomic E-state index is 0.0993. The molecule has 3 heterocycles. The highest BCUT2D eigenvalue weighted by Gasteiger charge is 2.27. The second-order valence-electron chi connectivity index (χ2n) is 3.96. The van der Waals surface area contributed by atoms with E-state index in [-0.39, 0.29) is 18.5 Å². The van der Waals surface area contributed by atoms with Gasteiger partial charge in [-0.05, 0) is 11.6 Å². The van der Waals surface area contributed by atoms with E-state index < -0.39 is 0 Å². The van der Waals surface area contributed by atoms with Crippen molar-refractivity contribution in [1.82, 2.24) is 30.9 Å². The minimum Gasteiger partial charge on any atom is -0.358 e. The lowest BCUT2D eigenvalue weighted by Gasteiger charge is -2.09. The van der Waals surface area contributed by atoms with Crippen LogP contribution in [0.5, 0.6) is 0 Å². The number of nitrogens with one attached hydrogen (secondary N) is 3. The van der Waals surface area contributed by atoms with E-state index in [4.69, 9.17) is 0 Å². The number of rotatable bonds is 3. The van der Waals surface area contributed by atoms with E-state index >= 15 is 0 Å². The van der Waals surface area contributed by atoms with Gasteiger partial charge in [0.25, 0.3) is 0 Å². The molecule has 8 nitrogen and oxygen atoms in total. The van der Waals surface area contributed by atoms with Gasteiger partial charge in [-0.2, -0.15) is 5.21 Å². The monoisotopic (exact) mass is 245 g/mol. The summed E-state index contributed by atoms with van der Waals surface area (Å²) in [6.07, 6.45) is 2.34. The van der Waals surface area contributed by atoms with Crippen molar-refractivity contribution in [1.29, 1.82) is 0 Å². The van der Waals surface area contributed by atoms with Crippen LogP contribution >= 0.6 is 0 Å². The van der Waals surface area contributed by atoms with Gasteiger partial charge in [-0.1, -0.05) is 11.3 Å². The highest BCUT2D eigenvalue weighted by molar-refractivity contribution is 5.86. The van der Waals surface area contributed by atoms with Crippen molar-refractivity contribution in [3.05, 3.63) is 29.7 Å². The van der Waals surface area contributed by atoms with Gasteiger partial charge in [-0.3, -0.25) is 4.79 Å². The summed E-state index contributed by atoms with van der Waals surface area (Å²) < 4.78 is 0. The molecule has 92 valence electrons. The fourth-order valence-electron chi connectivity index (χ4n) is 1.87. The molecule has 0 fully saturated rings. The number of pyridine rings is 1. The van der Waals surface area contributed by atoms with Crippen LogP contribution in [0.25, 0.3) is 0 Å². The van der Waals surface area contributed by atoms with Crippen LogP contribution in [-0.2, 0) is 17.8 Å². The van der Waals surface area contributed by atoms with E-state index in [0.717, 1.165) is 11.4 Å². The fraction of sp³-hybridized carbons (Fsp3) is 0.300. The zero-order chi connectivity index (χ0) is 12.4. The number of amides is 1. The molecule has 0 spiro atoms. The maximum Gasteiger partial charge on any atom is 0.243 e. The Morgan fingerprint density at radius 3 is 3.28 bits per heavy atom. The third kappa shape index (κ3) is 1.99. The van der Waals surface area contributed by atoms with Gasteiger partial charge in [0.1, 0.15) is 11.9 Å². The molecular weight excluding hydrogens is 234 g/mol. The van der Waals surface area contributed by atoms with Gasteiger partial charge in [-0.15, -0.1) is 10.2 Å². The molecule has 2 aromatic rings. The molecule has 0 aromatic carbocycles. The number of aromatic amines is 1. The lowest BCUT2D eigenvalue weighted by Crippen LogP contribution is -2.38. The Morgan fingerprint density at radius 1 is 1.56 bits per heavy atom. The van der Waals surface area contributed by atoms with Gasteiger partial charge in [0.05, 0.1) is 6.54 Å². The summed E-state index contributed by atoms with van der Waals surface area (Å²) in [5.74, 6) is 1.13. The summed E-state index contributed by atoms with van der Waals surface area (Å²) in [6.45, 7) is 0.261. The van der Waals surface area contributed by atoms with Gasteiger partial charge < -0.3 is 10.6 Å². The number of nitrogens with zero attached hydrogens (tertiary/aromatic N) is 4. The van der Waals surface area contributed by atoms with Crippen molar-refractivity contribution >= 4 is 11.7 Å². The Morgan fingerprint density at radius 2 is 2.50 bits per heavy atom. The van der Waals surface area contributed by atoms with E-state index in [1.807, 2.05) is 12.1 Å². The first-order chi connectivity index (χ1) is 8.83. The first-order valence-electron chi connectivity index (χ1n) is 5.53. The molecule has 18 heavy (non-hydrogen) atoms. The van der Waals surface area contributed by atoms with Crippen LogP contribution in [0.3, 0.4) is 0 Å². The largest absolute Gasteiger partial charge is 0.358 e. The van der Waals surface area contributed by atoms with Crippen molar-refractivity contribution < 1.29 is 4.79 Å². The predicted molar refractivity (Wildman–Crippen MR) is 61.4 cm³/mol. The average molecular weight is 245 g/mol. The van der Waals surface area contributed by atoms with Gasteiger partial charge in [0, 0.05) is 12.6 Å². The third-order valence-corrected chi connectivity index (χ3v) is 2.75. The summed E-state index contributed by atoms with van der Waals surface area (Å²) in [5, 5.41) is 19.1. The topological polar surface area (TPSA) is 108 Å². The quantitative estimate of drug-likeness (QED) is 0.656. The number of H-pyrrole nitrogens is 1. The van der Waals surface area contributed by atoms with Crippen molar-refractivity contribution in [3.8, 4) is 0 Å². The van der Waals surface area contributed by atoms with Gasteiger partial charge in [0.15, 0.2) is 5.82 Å². The first-order valence-corrected chi connectivity index (χ1v) is 5.53. The van der Waals surface area contributed by atoms with Crippen LogP contribution in [0, 0.1) is 0 Å². The molecule has 8 heteroatoms. The molecule has 1 atom stereocenters. The Labute approximate surface area is 102 Å². The Bertz CT molecular complexity index is 528. The minimum atomic E-state index is -0.290. The molecule has 0 saturated carbocycles. The zero-order valence-corrected chi connectivity index (χ0v) is 9.42. The van der Waals surface area contributed by atoms with Crippen LogP contribution in [0.4, 0.5) is 5.82 Å². The van der Waals surface area contributed by atoms with Gasteiger partial charge >= 0.3 is 0 Å². The van der Waals surface area contributed by atoms with Crippen molar-refractivity contribution in [3.63, 3.8) is 0 Å². The lowest BCUT2D eigenvalue weighted by molar-refractivity contribution is -0.121. The highest BCUT2D eigenvalue weighted by atomic mass is 16.2. The van der Waals surface area contributed by atoms with E-state index in [9.17, 15) is 4.79 Å². The molecule has 2 aromatic heterocycles. The molecule has 3 N–H and O–H groups in total. The number of tetrazole rings is 1. The molecule has 0 aliphatic carbocycles. The molecule has 1 aliphatic rings. The number of carbonyl (C=O) groups excluding carboxylic acids is 1. The number of carbonyl (C=O) groups is 1. The summed E-state index contributed by atoms with van der Waals surface area (Å²) in [4.78, 5) is 16.1. The van der Waals surface area contributed by atoms with Crippen LogP contribution in [0.1, 0.15) is 11.4 Å². The van der Waals surface area contributed by atoms with E-state index in [1.54, 1.807) is 6.20 Å². The SMILES string of the molecule is O=C(NCc1nn[nH]n1)[C@@H]1Cc2cccnc2N1. The van der Waals surface area contributed by atoms with Crippen LogP contribution < -0.4 is 10.6 Å². The lowest BCUT2D eigenvalue weighted by atomic mass is 10.1. The molecule has 1 amide bonds. The van der Waals surface area contributed by atoms with Crippen molar-refractivity contribution in [2.75, 3.05) is 5.32 Å². The highest BCUT2D eigenvalue weighted by Crippen LogP contribution is 2.22. The number of hydrogen-bond acceptors (Lipinski definition) is 6. The maximum atomic E-state index is 11.9. The van der Waals surface area contributed by atoms with Gasteiger partial charge in [-0.25, -0.2) is 4.98 Å². The molecule has 0 saturated heterocycles. The Balaban J connectivity index is 1.59. The van der Waals surface area contributed by atoms with Crippen LogP contribution in [0.15, 0.2) is 18.3 Å². The Kier molecular flexibility index (Phi) is 2.60. The zero-order valence-electron chi connectivity index (χ0n) is 9.42. The Hall–Kier alpha value is -2.51. The van der Waals surface area contributed by atoms with Gasteiger partial charge in [0.2, 0.25) is 5.91 Å². The predicted octanol–water partition coefficient (Wildman–Crippen LogP) is -0.752. The summed E-state index contributed by atoms with van der Waals surface area (Å²) in [7, 11) is 0. The molecule has 3 rings (SSSR count). The van der Waals surface area contributed by atoms with Crippen molar-refractivity contribution in [2.24, 2.45) is 0 Å². The summed E-state index contributed by atoms with van der Waals surface area (Å²) in [6, 6.07) is 3.53. The second-order valence-corrected chi connectivity index (χ2v) is 3.96. The van der Waals surface area contributed by atoms with Crippen LogP contribution in [-0.4, -0.2) is 37.6 Å². The second kappa shape index (κ2) is 4.40. The average Bonchev–Trinajstić information content (AvgIpc) is 3.04. The molecule has 0 radical (unpaired) electrons. The fourth-order valence-corrected chi connectivity index (χ4v) is 1.87. The molecule has 1 aliphatic heterocycles. The molecule has 0 bridgehead atoms. The standard InChI is InChI=1S/C10H11N7O/c18-10(12-5-8-14-16-17-15-8)7-4-6-2-1-3-11-9(6)13-7/h1-3,7H,4-5H2,(H,11,13)(H,12,18)(H,14,15,16,17)/t7-/m0/s1. The van der Waals surface area contributed by atoms with E-state index in [0.29, 0.717) is 12.2 Å². The van der Waals surface area contributed by atoms with Crippen LogP contribution in [0.2, 0.25) is 0 Å². The van der Waals surface area contributed by atoms with Crippen molar-refractivity contribution in [2.45, 2.75) is 19.0 Å². The number of aromatic nitrogens is 5. The summed E-state index contributed by atoms with van der Waals surface area (Å²) in [5.41, 5.74) is 1.05. The normalized spacial score (nSPS) is 17.0. The first kappa shape index (κ1) is 10.6. The molecule has 0 unspecified atom stereocenters. The smallest absolute Gasteiger partial charge is 0.243 e. The third-order valence-electron chi connectivity index (χ3n) is 2.75. The van der Waals surface area contributed by atoms with E-state index in [2.05, 4.69) is 36.2 Å².